The fourth-order valence-corrected chi connectivity index (χ4v) is 2.20. The topological polar surface area (TPSA) is 64.3 Å². The number of rotatable bonds is 3. The van der Waals surface area contributed by atoms with Gasteiger partial charge in [-0.1, -0.05) is 18.2 Å². The molecular formula is C12H12N6S. The number of benzene rings is 1. The Morgan fingerprint density at radius 2 is 2.05 bits per heavy atom. The zero-order chi connectivity index (χ0) is 13.2. The Kier molecular flexibility index (Phi) is 2.96. The number of aromatic amines is 1. The van der Waals surface area contributed by atoms with Crippen molar-refractivity contribution >= 4 is 12.2 Å². The van der Waals surface area contributed by atoms with Crippen LogP contribution in [0.2, 0.25) is 0 Å². The highest BCUT2D eigenvalue weighted by atomic mass is 32.1. The summed E-state index contributed by atoms with van der Waals surface area (Å²) in [6, 6.07) is 9.82. The molecule has 0 aliphatic carbocycles. The molecule has 1 unspecified atom stereocenters. The first kappa shape index (κ1) is 11.8. The Morgan fingerprint density at radius 3 is 2.74 bits per heavy atom. The van der Waals surface area contributed by atoms with Gasteiger partial charge in [-0.15, -0.1) is 0 Å². The normalized spacial score (nSPS) is 12.5. The number of nitrogens with one attached hydrogen (secondary N) is 1. The van der Waals surface area contributed by atoms with Gasteiger partial charge in [0.15, 0.2) is 10.6 Å². The quantitative estimate of drug-likeness (QED) is 0.742. The standard InChI is InChI=1S/C12H12N6S/c1-9(17-8-13-7-14-17)11-15-16-12(19)18(11)10-5-3-2-4-6-10/h2-9H,1H3,(H,16,19). The fourth-order valence-electron chi connectivity index (χ4n) is 1.95. The predicted octanol–water partition coefficient (Wildman–Crippen LogP) is 2.13. The van der Waals surface area contributed by atoms with Crippen LogP contribution in [0.1, 0.15) is 18.8 Å². The smallest absolute Gasteiger partial charge is 0.199 e. The molecule has 6 nitrogen and oxygen atoms in total. The molecular weight excluding hydrogens is 260 g/mol. The molecule has 1 atom stereocenters. The molecule has 1 aromatic carbocycles. The molecule has 0 aliphatic rings. The summed E-state index contributed by atoms with van der Waals surface area (Å²) in [5, 5.41) is 11.3. The molecule has 0 saturated heterocycles. The highest BCUT2D eigenvalue weighted by Gasteiger charge is 2.17. The van der Waals surface area contributed by atoms with Gasteiger partial charge in [0.2, 0.25) is 0 Å². The van der Waals surface area contributed by atoms with Gasteiger partial charge in [-0.25, -0.2) is 9.67 Å². The van der Waals surface area contributed by atoms with E-state index in [1.54, 1.807) is 11.0 Å². The van der Waals surface area contributed by atoms with E-state index < -0.39 is 0 Å². The van der Waals surface area contributed by atoms with E-state index >= 15 is 0 Å². The first-order valence-corrected chi connectivity index (χ1v) is 6.25. The van der Waals surface area contributed by atoms with Crippen LogP contribution in [0.25, 0.3) is 5.69 Å². The van der Waals surface area contributed by atoms with Gasteiger partial charge in [0.05, 0.1) is 0 Å². The predicted molar refractivity (Wildman–Crippen MR) is 72.6 cm³/mol. The molecule has 1 N–H and O–H groups in total. The minimum atomic E-state index is -0.0596. The van der Waals surface area contributed by atoms with Crippen molar-refractivity contribution < 1.29 is 0 Å². The molecule has 19 heavy (non-hydrogen) atoms. The average Bonchev–Trinajstić information content (AvgIpc) is 3.08. The van der Waals surface area contributed by atoms with Gasteiger partial charge >= 0.3 is 0 Å². The van der Waals surface area contributed by atoms with Gasteiger partial charge in [0, 0.05) is 5.69 Å². The SMILES string of the molecule is CC(c1n[nH]c(=S)n1-c1ccccc1)n1cncn1. The van der Waals surface area contributed by atoms with Crippen LogP contribution in [-0.2, 0) is 0 Å². The van der Waals surface area contributed by atoms with Gasteiger partial charge in [0.1, 0.15) is 18.7 Å². The molecule has 0 amide bonds. The average molecular weight is 272 g/mol. The van der Waals surface area contributed by atoms with E-state index in [9.17, 15) is 0 Å². The Balaban J connectivity index is 2.12. The molecule has 0 spiro atoms. The lowest BCUT2D eigenvalue weighted by molar-refractivity contribution is 0.526. The zero-order valence-electron chi connectivity index (χ0n) is 10.3. The number of hydrogen-bond acceptors (Lipinski definition) is 4. The van der Waals surface area contributed by atoms with E-state index in [1.807, 2.05) is 41.8 Å². The van der Waals surface area contributed by atoms with Crippen LogP contribution in [0.4, 0.5) is 0 Å². The van der Waals surface area contributed by atoms with Crippen LogP contribution >= 0.6 is 12.2 Å². The first-order chi connectivity index (χ1) is 9.27. The summed E-state index contributed by atoms with van der Waals surface area (Å²) in [5.74, 6) is 0.793. The summed E-state index contributed by atoms with van der Waals surface area (Å²) < 4.78 is 4.21. The van der Waals surface area contributed by atoms with Crippen LogP contribution in [0.3, 0.4) is 0 Å². The Labute approximate surface area is 114 Å². The second kappa shape index (κ2) is 4.77. The minimum absolute atomic E-state index is 0.0596. The third-order valence-corrected chi connectivity index (χ3v) is 3.19. The molecule has 0 aliphatic heterocycles. The van der Waals surface area contributed by atoms with Crippen LogP contribution in [0.5, 0.6) is 0 Å². The maximum absolute atomic E-state index is 5.30. The lowest BCUT2D eigenvalue weighted by atomic mass is 10.3. The summed E-state index contributed by atoms with van der Waals surface area (Å²) in [6.45, 7) is 2.00. The van der Waals surface area contributed by atoms with E-state index in [-0.39, 0.29) is 6.04 Å². The van der Waals surface area contributed by atoms with Gasteiger partial charge in [-0.3, -0.25) is 9.67 Å². The summed E-state index contributed by atoms with van der Waals surface area (Å²) in [6.07, 6.45) is 3.17. The van der Waals surface area contributed by atoms with Crippen molar-refractivity contribution in [2.75, 3.05) is 0 Å². The Morgan fingerprint density at radius 1 is 1.26 bits per heavy atom. The first-order valence-electron chi connectivity index (χ1n) is 5.84. The summed E-state index contributed by atoms with van der Waals surface area (Å²) in [4.78, 5) is 3.96. The van der Waals surface area contributed by atoms with Gasteiger partial charge in [-0.2, -0.15) is 10.2 Å². The van der Waals surface area contributed by atoms with Crippen LogP contribution < -0.4 is 0 Å². The monoisotopic (exact) mass is 272 g/mol. The molecule has 0 fully saturated rings. The Bertz CT molecular complexity index is 712. The molecule has 3 aromatic rings. The number of para-hydroxylation sites is 1. The second-order valence-electron chi connectivity index (χ2n) is 4.11. The minimum Gasteiger partial charge on any atom is -0.270 e. The van der Waals surface area contributed by atoms with Gasteiger partial charge < -0.3 is 0 Å². The summed E-state index contributed by atoms with van der Waals surface area (Å²) >= 11 is 5.30. The molecule has 7 heteroatoms. The second-order valence-corrected chi connectivity index (χ2v) is 4.50. The van der Waals surface area contributed by atoms with Crippen molar-refractivity contribution in [3.8, 4) is 5.69 Å². The van der Waals surface area contributed by atoms with Crippen LogP contribution in [-0.4, -0.2) is 29.5 Å². The zero-order valence-corrected chi connectivity index (χ0v) is 11.1. The molecule has 3 rings (SSSR count). The van der Waals surface area contributed by atoms with Crippen molar-refractivity contribution in [3.05, 3.63) is 53.6 Å². The van der Waals surface area contributed by atoms with E-state index in [2.05, 4.69) is 20.3 Å². The number of aromatic nitrogens is 6. The van der Waals surface area contributed by atoms with Crippen molar-refractivity contribution in [2.24, 2.45) is 0 Å². The summed E-state index contributed by atoms with van der Waals surface area (Å²) in [7, 11) is 0. The lowest BCUT2D eigenvalue weighted by Gasteiger charge is -2.12. The molecule has 2 heterocycles. The van der Waals surface area contributed by atoms with E-state index in [4.69, 9.17) is 12.2 Å². The van der Waals surface area contributed by atoms with Crippen LogP contribution in [0, 0.1) is 4.77 Å². The van der Waals surface area contributed by atoms with Crippen molar-refractivity contribution in [3.63, 3.8) is 0 Å². The largest absolute Gasteiger partial charge is 0.270 e. The van der Waals surface area contributed by atoms with Gasteiger partial charge in [-0.05, 0) is 31.3 Å². The maximum Gasteiger partial charge on any atom is 0.199 e. The third-order valence-electron chi connectivity index (χ3n) is 2.92. The molecule has 2 aromatic heterocycles. The fraction of sp³-hybridized carbons (Fsp3) is 0.167. The van der Waals surface area contributed by atoms with E-state index in [1.165, 1.54) is 6.33 Å². The van der Waals surface area contributed by atoms with Gasteiger partial charge in [0.25, 0.3) is 0 Å². The van der Waals surface area contributed by atoms with E-state index in [0.717, 1.165) is 11.5 Å². The van der Waals surface area contributed by atoms with Crippen LogP contribution in [0.15, 0.2) is 43.0 Å². The Hall–Kier alpha value is -2.28. The molecule has 0 bridgehead atoms. The van der Waals surface area contributed by atoms with Crippen molar-refractivity contribution in [2.45, 2.75) is 13.0 Å². The lowest BCUT2D eigenvalue weighted by Crippen LogP contribution is -2.13. The maximum atomic E-state index is 5.30. The van der Waals surface area contributed by atoms with Crippen molar-refractivity contribution in [1.82, 2.24) is 29.5 Å². The highest BCUT2D eigenvalue weighted by molar-refractivity contribution is 7.71. The molecule has 0 radical (unpaired) electrons. The number of hydrogen-bond donors (Lipinski definition) is 1. The summed E-state index contributed by atoms with van der Waals surface area (Å²) in [5.41, 5.74) is 0.975. The number of H-pyrrole nitrogens is 1. The molecule has 0 saturated carbocycles. The number of nitrogens with zero attached hydrogens (tertiary/aromatic N) is 5. The van der Waals surface area contributed by atoms with E-state index in [0.29, 0.717) is 4.77 Å². The third kappa shape index (κ3) is 2.08. The highest BCUT2D eigenvalue weighted by Crippen LogP contribution is 2.18. The molecule has 96 valence electrons. The van der Waals surface area contributed by atoms with Crippen molar-refractivity contribution in [1.29, 1.82) is 0 Å².